The van der Waals surface area contributed by atoms with Crippen molar-refractivity contribution < 1.29 is 9.22 Å². The molecule has 1 aromatic carbocycles. The van der Waals surface area contributed by atoms with Gasteiger partial charge in [-0.25, -0.2) is 0 Å². The maximum absolute atomic E-state index is 13.3. The molecule has 0 aliphatic heterocycles. The van der Waals surface area contributed by atoms with Crippen LogP contribution in [0.1, 0.15) is 66.6 Å². The van der Waals surface area contributed by atoms with Crippen LogP contribution < -0.4 is 0 Å². The smallest absolute Gasteiger partial charge is 0.192 e. The molecule has 2 nitrogen and oxygen atoms in total. The summed E-state index contributed by atoms with van der Waals surface area (Å²) in [5.74, 6) is 0.200. The van der Waals surface area contributed by atoms with Gasteiger partial charge in [0.2, 0.25) is 0 Å². The van der Waals surface area contributed by atoms with E-state index < -0.39 is 16.4 Å². The second-order valence-electron chi connectivity index (χ2n) is 9.66. The maximum Gasteiger partial charge on any atom is 0.192 e. The van der Waals surface area contributed by atoms with Crippen molar-refractivity contribution in [2.45, 2.75) is 97.3 Å². The third-order valence-electron chi connectivity index (χ3n) is 7.00. The van der Waals surface area contributed by atoms with Crippen molar-refractivity contribution >= 4 is 21.8 Å². The summed E-state index contributed by atoms with van der Waals surface area (Å²) in [6.07, 6.45) is 0.643. The molecule has 0 radical (unpaired) electrons. The van der Waals surface area contributed by atoms with E-state index in [-0.39, 0.29) is 17.1 Å². The molecule has 0 saturated carbocycles. The third-order valence-corrected chi connectivity index (χ3v) is 16.9. The molecule has 0 aromatic heterocycles. The largest absolute Gasteiger partial charge is 0.410 e. The normalized spacial score (nSPS) is 15.4. The highest BCUT2D eigenvalue weighted by atomic mass is 28.4. The molecule has 0 heterocycles. The Balaban J connectivity index is 3.15. The van der Waals surface area contributed by atoms with Crippen molar-refractivity contribution in [3.05, 3.63) is 35.9 Å². The van der Waals surface area contributed by atoms with Crippen molar-refractivity contribution in [1.29, 1.82) is 0 Å². The first kappa shape index (κ1) is 24.3. The molecule has 154 valence electrons. The van der Waals surface area contributed by atoms with Gasteiger partial charge >= 0.3 is 0 Å². The van der Waals surface area contributed by atoms with Crippen LogP contribution in [0.3, 0.4) is 0 Å². The van der Waals surface area contributed by atoms with Crippen molar-refractivity contribution in [3.63, 3.8) is 0 Å². The lowest BCUT2D eigenvalue weighted by Gasteiger charge is -2.41. The number of carbonyl (C=O) groups is 1. The summed E-state index contributed by atoms with van der Waals surface area (Å²) < 4.78 is 6.87. The van der Waals surface area contributed by atoms with Crippen molar-refractivity contribution in [2.75, 3.05) is 0 Å². The number of carbonyl (C=O) groups excluding carboxylic acids is 1. The van der Waals surface area contributed by atoms with Gasteiger partial charge in [-0.2, -0.15) is 0 Å². The Kier molecular flexibility index (Phi) is 8.70. The van der Waals surface area contributed by atoms with E-state index in [2.05, 4.69) is 85.8 Å². The minimum Gasteiger partial charge on any atom is -0.410 e. The van der Waals surface area contributed by atoms with E-state index >= 15 is 0 Å². The molecule has 1 aromatic rings. The standard InChI is InChI=1S/C23H42O2Si2/c1-10-27(11-2,12-3)21(24)18-19(4)22(20-16-14-13-15-17-20)25-26(8,9)23(5,6)7/h13-17,19,22H,10-12,18H2,1-9H3. The molecule has 27 heavy (non-hydrogen) atoms. The SMILES string of the molecule is CC[Si](CC)(CC)C(=O)CC(C)C(O[Si](C)(C)C(C)(C)C)c1ccccc1. The van der Waals surface area contributed by atoms with E-state index in [0.717, 1.165) is 18.1 Å². The van der Waals surface area contributed by atoms with Gasteiger partial charge in [0.1, 0.15) is 13.5 Å². The Morgan fingerprint density at radius 1 is 1.00 bits per heavy atom. The van der Waals surface area contributed by atoms with Crippen LogP contribution in [0, 0.1) is 5.92 Å². The van der Waals surface area contributed by atoms with Crippen molar-refractivity contribution in [3.8, 4) is 0 Å². The topological polar surface area (TPSA) is 26.3 Å². The minimum absolute atomic E-state index is 0.00619. The lowest BCUT2D eigenvalue weighted by molar-refractivity contribution is -0.114. The van der Waals surface area contributed by atoms with Gasteiger partial charge in [0, 0.05) is 6.42 Å². The molecule has 4 heteroatoms. The molecule has 2 atom stereocenters. The molecule has 1 rings (SSSR count). The zero-order valence-electron chi connectivity index (χ0n) is 19.2. The zero-order valence-corrected chi connectivity index (χ0v) is 21.2. The van der Waals surface area contributed by atoms with Crippen molar-refractivity contribution in [2.24, 2.45) is 5.92 Å². The first-order valence-corrected chi connectivity index (χ1v) is 16.2. The summed E-state index contributed by atoms with van der Waals surface area (Å²) >= 11 is 0. The predicted octanol–water partition coefficient (Wildman–Crippen LogP) is 7.39. The zero-order chi connectivity index (χ0) is 20.9. The van der Waals surface area contributed by atoms with Crippen LogP contribution in [0.15, 0.2) is 30.3 Å². The van der Waals surface area contributed by atoms with Crippen LogP contribution in [0.25, 0.3) is 0 Å². The van der Waals surface area contributed by atoms with E-state index in [1.807, 2.05) is 6.07 Å². The molecule has 0 aliphatic carbocycles. The van der Waals surface area contributed by atoms with Gasteiger partial charge in [-0.05, 0) is 29.6 Å². The molecule has 0 N–H and O–H groups in total. The number of benzene rings is 1. The number of hydrogen-bond donors (Lipinski definition) is 0. The Morgan fingerprint density at radius 2 is 1.48 bits per heavy atom. The lowest BCUT2D eigenvalue weighted by Crippen LogP contribution is -2.45. The van der Waals surface area contributed by atoms with E-state index in [9.17, 15) is 4.79 Å². The second-order valence-corrected chi connectivity index (χ2v) is 19.7. The molecule has 0 fully saturated rings. The van der Waals surface area contributed by atoms with Gasteiger partial charge in [0.25, 0.3) is 0 Å². The fourth-order valence-electron chi connectivity index (χ4n) is 3.61. The summed E-state index contributed by atoms with van der Waals surface area (Å²) in [6, 6.07) is 13.7. The molecule has 0 amide bonds. The van der Waals surface area contributed by atoms with E-state index in [1.165, 1.54) is 5.56 Å². The molecule has 0 aliphatic rings. The van der Waals surface area contributed by atoms with Crippen LogP contribution in [0.2, 0.25) is 36.3 Å². The van der Waals surface area contributed by atoms with Crippen LogP contribution in [0.5, 0.6) is 0 Å². The van der Waals surface area contributed by atoms with E-state index in [1.54, 1.807) is 0 Å². The number of rotatable bonds is 10. The lowest BCUT2D eigenvalue weighted by atomic mass is 9.95. The Labute approximate surface area is 170 Å². The minimum atomic E-state index is -1.94. The average molecular weight is 407 g/mol. The Bertz CT molecular complexity index is 578. The average Bonchev–Trinajstić information content (AvgIpc) is 2.61. The second kappa shape index (κ2) is 9.66. The fraction of sp³-hybridized carbons (Fsp3) is 0.696. The summed E-state index contributed by atoms with van der Waals surface area (Å²) in [6.45, 7) is 20.3. The van der Waals surface area contributed by atoms with Gasteiger partial charge in [0.15, 0.2) is 8.32 Å². The van der Waals surface area contributed by atoms with Crippen LogP contribution in [-0.2, 0) is 9.22 Å². The Morgan fingerprint density at radius 3 is 1.89 bits per heavy atom. The highest BCUT2D eigenvalue weighted by Crippen LogP contribution is 2.42. The first-order chi connectivity index (χ1) is 12.4. The third kappa shape index (κ3) is 5.88. The molecule has 0 saturated heterocycles. The van der Waals surface area contributed by atoms with Gasteiger partial charge in [0.05, 0.1) is 6.10 Å². The van der Waals surface area contributed by atoms with E-state index in [0.29, 0.717) is 11.8 Å². The van der Waals surface area contributed by atoms with Crippen molar-refractivity contribution in [1.82, 2.24) is 0 Å². The highest BCUT2D eigenvalue weighted by molar-refractivity contribution is 7.05. The number of hydrogen-bond acceptors (Lipinski definition) is 2. The molecular weight excluding hydrogens is 364 g/mol. The van der Waals surface area contributed by atoms with Gasteiger partial charge in [-0.1, -0.05) is 96.9 Å². The predicted molar refractivity (Wildman–Crippen MR) is 123 cm³/mol. The Hall–Kier alpha value is -0.716. The molecule has 0 spiro atoms. The monoisotopic (exact) mass is 406 g/mol. The van der Waals surface area contributed by atoms with Crippen LogP contribution in [-0.4, -0.2) is 21.8 Å². The quantitative estimate of drug-likeness (QED) is 0.378. The van der Waals surface area contributed by atoms with Crippen LogP contribution >= 0.6 is 0 Å². The fourth-order valence-corrected chi connectivity index (χ4v) is 8.40. The summed E-state index contributed by atoms with van der Waals surface area (Å²) in [7, 11) is -3.74. The molecule has 0 bridgehead atoms. The van der Waals surface area contributed by atoms with Gasteiger partial charge < -0.3 is 9.22 Å². The summed E-state index contributed by atoms with van der Waals surface area (Å²) in [4.78, 5) is 13.3. The molecular formula is C23H42O2Si2. The summed E-state index contributed by atoms with van der Waals surface area (Å²) in [5.41, 5.74) is 1.21. The maximum atomic E-state index is 13.3. The molecule has 2 unspecified atom stereocenters. The van der Waals surface area contributed by atoms with Gasteiger partial charge in [-0.3, -0.25) is 0 Å². The summed E-state index contributed by atoms with van der Waals surface area (Å²) in [5, 5.41) is 0.695. The first-order valence-electron chi connectivity index (χ1n) is 10.7. The van der Waals surface area contributed by atoms with Gasteiger partial charge in [-0.15, -0.1) is 0 Å². The highest BCUT2D eigenvalue weighted by Gasteiger charge is 2.42. The van der Waals surface area contributed by atoms with Crippen LogP contribution in [0.4, 0.5) is 0 Å². The van der Waals surface area contributed by atoms with E-state index in [4.69, 9.17) is 4.43 Å².